The number of anilines is 2. The van der Waals surface area contributed by atoms with Gasteiger partial charge in [0.05, 0.1) is 68.2 Å². The van der Waals surface area contributed by atoms with E-state index in [2.05, 4.69) is 34.3 Å². The number of para-hydroxylation sites is 2. The predicted octanol–water partition coefficient (Wildman–Crippen LogP) is 16.8. The minimum absolute atomic E-state index is 0.0313. The number of carbonyl (C=O) groups excluding carboxylic acids is 2. The SMILES string of the molecule is C=CC(=O)c1ccc(F)cc1.CC(C)[C@@H]1OB(CCCC(=O)c2ccc(F)cc2)O[C@H]1C(C)C.COc1ccc([C@@H]2[C@@H](CC[C@@H](O)c3ccc(F)cc3)S(=O)(=O)N2c2ccccc2)c(O)c1.COc1ccc([C@@H]2[C@H](CC[C@@H](O)c3ccc(F)cc3)S(=O)(=O)N2c2ccccc2)c(O)c1.OCCC[C@@H](O)c1ccc(F)cc1. The summed E-state index contributed by atoms with van der Waals surface area (Å²) in [4.78, 5) is 23.0. The molecule has 9 atom stereocenters. The third-order valence-corrected chi connectivity index (χ3v) is 23.6. The molecule has 0 unspecified atom stereocenters. The van der Waals surface area contributed by atoms with Gasteiger partial charge in [0.1, 0.15) is 62.6 Å². The number of aliphatic hydroxyl groups is 4. The number of ketones is 2. The maximum atomic E-state index is 13.2. The molecule has 6 N–H and O–H groups in total. The Hall–Kier alpha value is -9.77. The summed E-state index contributed by atoms with van der Waals surface area (Å²) in [5.74, 6) is -0.325. The summed E-state index contributed by atoms with van der Waals surface area (Å²) in [6.45, 7) is 12.0. The summed E-state index contributed by atoms with van der Waals surface area (Å²) < 4.78 is 142. The number of halogens is 5. The molecule has 3 aliphatic heterocycles. The number of benzene rings is 9. The van der Waals surface area contributed by atoms with Crippen molar-refractivity contribution in [3.8, 4) is 23.0 Å². The number of allylic oxidation sites excluding steroid dienone is 1. The largest absolute Gasteiger partial charge is 0.507 e. The molecular weight excluding hydrogens is 1470 g/mol. The Morgan fingerprint density at radius 3 is 1.16 bits per heavy atom. The molecule has 0 spiro atoms. The van der Waals surface area contributed by atoms with Crippen LogP contribution in [0.4, 0.5) is 33.3 Å². The number of methoxy groups -OCH3 is 2. The molecule has 3 fully saturated rings. The van der Waals surface area contributed by atoms with Gasteiger partial charge in [-0.25, -0.2) is 38.8 Å². The van der Waals surface area contributed by atoms with Crippen LogP contribution < -0.4 is 18.1 Å². The summed E-state index contributed by atoms with van der Waals surface area (Å²) in [5.41, 5.74) is 4.68. The maximum absolute atomic E-state index is 13.2. The molecule has 3 saturated heterocycles. The van der Waals surface area contributed by atoms with Gasteiger partial charge in [-0.15, -0.1) is 0 Å². The molecule has 590 valence electrons. The minimum Gasteiger partial charge on any atom is -0.507 e. The number of aromatic hydroxyl groups is 2. The number of aliphatic hydroxyl groups excluding tert-OH is 4. The highest BCUT2D eigenvalue weighted by Gasteiger charge is 2.56. The van der Waals surface area contributed by atoms with E-state index in [0.29, 0.717) is 106 Å². The van der Waals surface area contributed by atoms with Crippen LogP contribution in [0.3, 0.4) is 0 Å². The summed E-state index contributed by atoms with van der Waals surface area (Å²) >= 11 is 0. The fourth-order valence-electron chi connectivity index (χ4n) is 13.1. The number of nitrogens with zero attached hydrogens (tertiary/aromatic N) is 2. The predicted molar refractivity (Wildman–Crippen MR) is 418 cm³/mol. The average Bonchev–Trinajstić information content (AvgIpc) is 0.852. The lowest BCUT2D eigenvalue weighted by molar-refractivity contribution is 0.0815. The second-order valence-electron chi connectivity index (χ2n) is 27.4. The van der Waals surface area contributed by atoms with Crippen molar-refractivity contribution >= 4 is 50.1 Å². The van der Waals surface area contributed by atoms with Crippen molar-refractivity contribution in [2.75, 3.05) is 29.4 Å². The Bertz CT molecular complexity index is 4470. The average molecular weight is 1570 g/mol. The van der Waals surface area contributed by atoms with Gasteiger partial charge < -0.3 is 49.4 Å². The van der Waals surface area contributed by atoms with E-state index in [9.17, 15) is 73.9 Å². The van der Waals surface area contributed by atoms with Crippen molar-refractivity contribution < 1.29 is 97.8 Å². The van der Waals surface area contributed by atoms with E-state index in [0.717, 1.165) is 0 Å². The zero-order chi connectivity index (χ0) is 80.7. The van der Waals surface area contributed by atoms with Crippen molar-refractivity contribution in [3.63, 3.8) is 0 Å². The van der Waals surface area contributed by atoms with Crippen LogP contribution in [0.2, 0.25) is 6.32 Å². The highest BCUT2D eigenvalue weighted by molar-refractivity contribution is 7.95. The number of ether oxygens (including phenoxy) is 2. The van der Waals surface area contributed by atoms with Crippen LogP contribution in [-0.4, -0.2) is 110 Å². The van der Waals surface area contributed by atoms with Gasteiger partial charge in [-0.3, -0.25) is 18.2 Å². The van der Waals surface area contributed by atoms with E-state index >= 15 is 0 Å². The molecule has 0 bridgehead atoms. The normalized spacial score (nSPS) is 18.6. The van der Waals surface area contributed by atoms with E-state index in [4.69, 9.17) is 23.9 Å². The zero-order valence-corrected chi connectivity index (χ0v) is 64.1. The fourth-order valence-corrected chi connectivity index (χ4v) is 17.4. The number of carbonyl (C=O) groups is 2. The molecule has 0 aliphatic carbocycles. The maximum Gasteiger partial charge on any atom is 0.457 e. The van der Waals surface area contributed by atoms with E-state index in [-0.39, 0.29) is 92.1 Å². The number of sulfonamides is 2. The third kappa shape index (κ3) is 23.2. The first-order valence-electron chi connectivity index (χ1n) is 36.3. The van der Waals surface area contributed by atoms with Crippen molar-refractivity contribution in [1.29, 1.82) is 0 Å². The first kappa shape index (κ1) is 86.8. The molecule has 12 rings (SSSR count). The van der Waals surface area contributed by atoms with Crippen LogP contribution in [0.5, 0.6) is 23.0 Å². The molecular formula is C85H94BF5N2O16S2. The molecule has 0 amide bonds. The van der Waals surface area contributed by atoms with Crippen molar-refractivity contribution in [3.05, 3.63) is 299 Å². The molecule has 0 saturated carbocycles. The van der Waals surface area contributed by atoms with Gasteiger partial charge in [-0.1, -0.05) is 107 Å². The molecule has 3 heterocycles. The molecule has 0 aromatic heterocycles. The Kier molecular flexibility index (Phi) is 32.0. The third-order valence-electron chi connectivity index (χ3n) is 19.1. The van der Waals surface area contributed by atoms with Gasteiger partial charge in [0.15, 0.2) is 11.6 Å². The molecule has 9 aromatic carbocycles. The van der Waals surface area contributed by atoms with Crippen molar-refractivity contribution in [2.45, 2.75) is 138 Å². The lowest BCUT2D eigenvalue weighted by atomic mass is 9.82. The summed E-state index contributed by atoms with van der Waals surface area (Å²) in [7, 11) is -4.68. The van der Waals surface area contributed by atoms with Gasteiger partial charge in [-0.2, -0.15) is 0 Å². The van der Waals surface area contributed by atoms with Crippen LogP contribution in [-0.2, 0) is 29.4 Å². The Balaban J connectivity index is 0.000000184. The van der Waals surface area contributed by atoms with Gasteiger partial charge in [0.2, 0.25) is 20.0 Å². The summed E-state index contributed by atoms with van der Waals surface area (Å²) in [5, 5.41) is 58.6. The number of Topliss-reactive ketones (excluding diaryl/α,β-unsaturated/α-hetero) is 1. The Morgan fingerprint density at radius 2 is 0.838 bits per heavy atom. The number of hydrogen-bond acceptors (Lipinski definition) is 16. The topological polar surface area (TPSA) is 267 Å². The fraction of sp³-hybridized carbons (Fsp3) is 0.318. The van der Waals surface area contributed by atoms with Crippen LogP contribution >= 0.6 is 0 Å². The number of phenols is 2. The number of rotatable bonds is 27. The van der Waals surface area contributed by atoms with E-state index < -0.39 is 72.6 Å². The lowest BCUT2D eigenvalue weighted by Crippen LogP contribution is -2.58. The van der Waals surface area contributed by atoms with E-state index in [1.807, 2.05) is 0 Å². The van der Waals surface area contributed by atoms with Crippen molar-refractivity contribution in [1.82, 2.24) is 0 Å². The quantitative estimate of drug-likeness (QED) is 0.0121. The second-order valence-corrected chi connectivity index (χ2v) is 31.5. The molecule has 0 radical (unpaired) electrons. The lowest BCUT2D eigenvalue weighted by Gasteiger charge is -2.48. The molecule has 18 nitrogen and oxygen atoms in total. The van der Waals surface area contributed by atoms with E-state index in [1.54, 1.807) is 97.1 Å². The van der Waals surface area contributed by atoms with Crippen LogP contribution in [0, 0.1) is 40.9 Å². The van der Waals surface area contributed by atoms with Crippen LogP contribution in [0.25, 0.3) is 0 Å². The molecule has 9 aromatic rings. The van der Waals surface area contributed by atoms with Gasteiger partial charge in [0.25, 0.3) is 0 Å². The highest BCUT2D eigenvalue weighted by Crippen LogP contribution is 2.52. The summed E-state index contributed by atoms with van der Waals surface area (Å²) in [6.07, 6.45) is 2.55. The number of hydrogen-bond donors (Lipinski definition) is 6. The molecule has 3 aliphatic rings. The standard InChI is InChI=1S/2C24H24FNO5S.C18H26BFO3.C10H13FO2.C9H7FO/c2*1-31-19-11-12-20(22(28)15-19)24-23(14-13-21(27)16-7-9-17(25)10-8-16)32(29,30)26(24)18-5-3-2-4-6-18;1-12(2)17-18(13(3)4)23-19(22-17)11-5-6-16(21)14-7-9-15(20)10-8-14;11-9-5-3-8(4-6-9)10(13)2-1-7-12;1-2-9(11)7-3-5-8(10)6-4-7/h2*2-12,15,21,23-24,27-28H,13-14H2,1H3;7-10,12-13,17-18H,5-6,11H2,1-4H3;3-6,10,12-13H,1-2,7H2;2-6H,1H2/t21-,23+,24-;21-,23-,24-;17-,18-;10-;/m1101./s1. The second kappa shape index (κ2) is 41.0. The smallest absolute Gasteiger partial charge is 0.457 e. The molecule has 111 heavy (non-hydrogen) atoms. The molecule has 26 heteroatoms. The highest BCUT2D eigenvalue weighted by atomic mass is 32.2. The van der Waals surface area contributed by atoms with Crippen LogP contribution in [0.15, 0.2) is 231 Å². The Morgan fingerprint density at radius 1 is 0.495 bits per heavy atom. The zero-order valence-electron chi connectivity index (χ0n) is 62.4. The Labute approximate surface area is 646 Å². The number of phenolic OH excluding ortho intramolecular Hbond substituents is 2. The minimum atomic E-state index is -3.71. The first-order valence-corrected chi connectivity index (χ1v) is 39.4. The van der Waals surface area contributed by atoms with Crippen molar-refractivity contribution in [2.24, 2.45) is 11.8 Å². The summed E-state index contributed by atoms with van der Waals surface area (Å²) in [6, 6.07) is 53.5. The van der Waals surface area contributed by atoms with Crippen LogP contribution in [0.1, 0.15) is 158 Å². The first-order chi connectivity index (χ1) is 53.0. The van der Waals surface area contributed by atoms with Gasteiger partial charge in [-0.05, 0) is 219 Å². The monoisotopic (exact) mass is 1570 g/mol. The van der Waals surface area contributed by atoms with Gasteiger partial charge >= 0.3 is 7.12 Å². The van der Waals surface area contributed by atoms with E-state index in [1.165, 1.54) is 150 Å². The van der Waals surface area contributed by atoms with Gasteiger partial charge in [0, 0.05) is 47.4 Å².